The van der Waals surface area contributed by atoms with Crippen molar-refractivity contribution in [1.29, 1.82) is 0 Å². The van der Waals surface area contributed by atoms with E-state index in [0.717, 1.165) is 41.2 Å². The van der Waals surface area contributed by atoms with Crippen LogP contribution in [0.4, 0.5) is 11.4 Å². The zero-order chi connectivity index (χ0) is 29.8. The first-order valence-electron chi connectivity index (χ1n) is 14.6. The largest absolute Gasteiger partial charge is 0.507 e. The molecule has 1 fully saturated rings. The lowest BCUT2D eigenvalue weighted by molar-refractivity contribution is -0.132. The number of amides is 1. The van der Waals surface area contributed by atoms with E-state index >= 15 is 0 Å². The molecule has 0 bridgehead atoms. The molecule has 0 radical (unpaired) electrons. The molecule has 6 heteroatoms. The predicted molar refractivity (Wildman–Crippen MR) is 167 cm³/mol. The number of Topliss-reactive ketones (excluding diaryl/α,β-unsaturated/α-hetero) is 1. The van der Waals surface area contributed by atoms with Crippen molar-refractivity contribution in [2.75, 3.05) is 29.5 Å². The van der Waals surface area contributed by atoms with Crippen molar-refractivity contribution in [1.82, 2.24) is 0 Å². The number of carbonyl (C=O) groups excluding carboxylic acids is 2. The number of nitrogens with zero attached hydrogens (tertiary/aromatic N) is 2. The standard InChI is InChI=1S/C35H42N2O4/c1-8-36(9-2)28-15-12-26(13-16-28)32-31(33(38)27-14-19-30(24(7)20-27)41-21-22(3)4)34(39)35(40)37(32)29-17-10-25(11-18-29)23(5)6/h10-20,22-23,32,38H,8-9,21H2,1-7H3/b33-31-. The van der Waals surface area contributed by atoms with Gasteiger partial charge < -0.3 is 14.7 Å². The zero-order valence-electron chi connectivity index (χ0n) is 25.3. The number of aryl methyl sites for hydroxylation is 1. The maximum absolute atomic E-state index is 13.6. The number of ketones is 1. The molecule has 0 saturated carbocycles. The first-order chi connectivity index (χ1) is 19.6. The van der Waals surface area contributed by atoms with E-state index in [-0.39, 0.29) is 11.3 Å². The zero-order valence-corrected chi connectivity index (χ0v) is 25.3. The van der Waals surface area contributed by atoms with E-state index in [0.29, 0.717) is 29.7 Å². The molecule has 1 aliphatic rings. The summed E-state index contributed by atoms with van der Waals surface area (Å²) in [6.45, 7) is 16.8. The summed E-state index contributed by atoms with van der Waals surface area (Å²) in [5.41, 5.74) is 4.95. The minimum absolute atomic E-state index is 0.0776. The Kier molecular flexibility index (Phi) is 9.21. The number of rotatable bonds is 10. The van der Waals surface area contributed by atoms with E-state index in [9.17, 15) is 14.7 Å². The number of hydrogen-bond donors (Lipinski definition) is 1. The lowest BCUT2D eigenvalue weighted by atomic mass is 9.94. The van der Waals surface area contributed by atoms with Gasteiger partial charge in [-0.2, -0.15) is 0 Å². The Morgan fingerprint density at radius 3 is 2.10 bits per heavy atom. The number of anilines is 2. The SMILES string of the molecule is CCN(CC)c1ccc(C2/C(=C(/O)c3ccc(OCC(C)C)c(C)c3)C(=O)C(=O)N2c2ccc(C(C)C)cc2)cc1. The van der Waals surface area contributed by atoms with Gasteiger partial charge in [0.2, 0.25) is 0 Å². The smallest absolute Gasteiger partial charge is 0.300 e. The summed E-state index contributed by atoms with van der Waals surface area (Å²) in [5.74, 6) is -0.119. The van der Waals surface area contributed by atoms with Crippen LogP contribution in [0, 0.1) is 12.8 Å². The van der Waals surface area contributed by atoms with Gasteiger partial charge in [0.15, 0.2) is 0 Å². The molecule has 3 aromatic carbocycles. The Hall–Kier alpha value is -4.06. The van der Waals surface area contributed by atoms with E-state index in [1.165, 1.54) is 4.90 Å². The molecular formula is C35H42N2O4. The molecule has 3 aromatic rings. The van der Waals surface area contributed by atoms with Gasteiger partial charge in [-0.1, -0.05) is 52.0 Å². The van der Waals surface area contributed by atoms with Gasteiger partial charge in [-0.15, -0.1) is 0 Å². The number of hydrogen-bond acceptors (Lipinski definition) is 5. The Bertz CT molecular complexity index is 1420. The van der Waals surface area contributed by atoms with E-state index in [1.54, 1.807) is 18.2 Å². The molecule has 0 spiro atoms. The monoisotopic (exact) mass is 554 g/mol. The highest BCUT2D eigenvalue weighted by Gasteiger charge is 2.47. The number of aliphatic hydroxyl groups is 1. The number of ether oxygens (including phenoxy) is 1. The first kappa shape index (κ1) is 29.9. The molecule has 1 atom stereocenters. The van der Waals surface area contributed by atoms with Gasteiger partial charge in [-0.3, -0.25) is 14.5 Å². The van der Waals surface area contributed by atoms with Crippen molar-refractivity contribution in [3.8, 4) is 5.75 Å². The third-order valence-corrected chi connectivity index (χ3v) is 7.64. The topological polar surface area (TPSA) is 70.1 Å². The van der Waals surface area contributed by atoms with Crippen molar-refractivity contribution in [2.24, 2.45) is 5.92 Å². The van der Waals surface area contributed by atoms with E-state index in [1.807, 2.05) is 55.5 Å². The van der Waals surface area contributed by atoms with Crippen LogP contribution in [0.2, 0.25) is 0 Å². The van der Waals surface area contributed by atoms with E-state index in [4.69, 9.17) is 4.74 Å². The first-order valence-corrected chi connectivity index (χ1v) is 14.6. The Balaban J connectivity index is 1.84. The Morgan fingerprint density at radius 2 is 1.56 bits per heavy atom. The fraction of sp³-hybridized carbons (Fsp3) is 0.371. The highest BCUT2D eigenvalue weighted by Crippen LogP contribution is 2.43. The third-order valence-electron chi connectivity index (χ3n) is 7.64. The van der Waals surface area contributed by atoms with Crippen LogP contribution in [0.3, 0.4) is 0 Å². The van der Waals surface area contributed by atoms with Crippen molar-refractivity contribution < 1.29 is 19.4 Å². The van der Waals surface area contributed by atoms with Gasteiger partial charge in [0.25, 0.3) is 11.7 Å². The number of benzene rings is 3. The van der Waals surface area contributed by atoms with Crippen LogP contribution in [0.1, 0.15) is 75.8 Å². The molecule has 1 heterocycles. The van der Waals surface area contributed by atoms with Gasteiger partial charge in [-0.25, -0.2) is 0 Å². The molecule has 1 saturated heterocycles. The molecule has 1 aliphatic heterocycles. The van der Waals surface area contributed by atoms with Gasteiger partial charge in [0.05, 0.1) is 18.2 Å². The second-order valence-electron chi connectivity index (χ2n) is 11.4. The van der Waals surface area contributed by atoms with Crippen molar-refractivity contribution >= 4 is 28.8 Å². The summed E-state index contributed by atoms with van der Waals surface area (Å²) in [6, 6.07) is 20.2. The fourth-order valence-electron chi connectivity index (χ4n) is 5.26. The Morgan fingerprint density at radius 1 is 0.927 bits per heavy atom. The summed E-state index contributed by atoms with van der Waals surface area (Å²) in [7, 11) is 0. The van der Waals surface area contributed by atoms with Crippen LogP contribution in [0.15, 0.2) is 72.3 Å². The third kappa shape index (κ3) is 6.17. The maximum atomic E-state index is 13.6. The van der Waals surface area contributed by atoms with Crippen molar-refractivity contribution in [2.45, 2.75) is 60.4 Å². The predicted octanol–water partition coefficient (Wildman–Crippen LogP) is 7.63. The Labute approximate surface area is 244 Å². The van der Waals surface area contributed by atoms with E-state index in [2.05, 4.69) is 46.4 Å². The van der Waals surface area contributed by atoms with Crippen LogP contribution in [-0.4, -0.2) is 36.5 Å². The average Bonchev–Trinajstić information content (AvgIpc) is 3.22. The summed E-state index contributed by atoms with van der Waals surface area (Å²) >= 11 is 0. The fourth-order valence-corrected chi connectivity index (χ4v) is 5.26. The van der Waals surface area contributed by atoms with Crippen LogP contribution >= 0.6 is 0 Å². The van der Waals surface area contributed by atoms with Crippen LogP contribution in [0.25, 0.3) is 5.76 Å². The van der Waals surface area contributed by atoms with E-state index < -0.39 is 17.7 Å². The minimum Gasteiger partial charge on any atom is -0.507 e. The maximum Gasteiger partial charge on any atom is 0.300 e. The van der Waals surface area contributed by atoms with Crippen molar-refractivity contribution in [3.05, 3.63) is 94.6 Å². The second-order valence-corrected chi connectivity index (χ2v) is 11.4. The molecule has 0 aromatic heterocycles. The average molecular weight is 555 g/mol. The highest BCUT2D eigenvalue weighted by atomic mass is 16.5. The molecule has 1 N–H and O–H groups in total. The van der Waals surface area contributed by atoms with Gasteiger partial charge in [0, 0.05) is 30.0 Å². The summed E-state index contributed by atoms with van der Waals surface area (Å²) in [4.78, 5) is 31.0. The normalized spacial score (nSPS) is 16.6. The molecule has 1 unspecified atom stereocenters. The lowest BCUT2D eigenvalue weighted by Gasteiger charge is -2.27. The minimum atomic E-state index is -0.775. The molecule has 6 nitrogen and oxygen atoms in total. The molecule has 0 aliphatic carbocycles. The second kappa shape index (κ2) is 12.6. The number of aliphatic hydroxyl groups excluding tert-OH is 1. The molecule has 216 valence electrons. The van der Waals surface area contributed by atoms with Crippen LogP contribution in [-0.2, 0) is 9.59 Å². The summed E-state index contributed by atoms with van der Waals surface area (Å²) in [6.07, 6.45) is 0. The number of carbonyl (C=O) groups is 2. The lowest BCUT2D eigenvalue weighted by Crippen LogP contribution is -2.29. The van der Waals surface area contributed by atoms with Crippen LogP contribution in [0.5, 0.6) is 5.75 Å². The highest BCUT2D eigenvalue weighted by molar-refractivity contribution is 6.51. The molecule has 1 amide bonds. The van der Waals surface area contributed by atoms with Gasteiger partial charge in [-0.05, 0) is 91.8 Å². The summed E-state index contributed by atoms with van der Waals surface area (Å²) in [5, 5.41) is 11.6. The summed E-state index contributed by atoms with van der Waals surface area (Å²) < 4.78 is 5.91. The van der Waals surface area contributed by atoms with Crippen molar-refractivity contribution in [3.63, 3.8) is 0 Å². The molecule has 41 heavy (non-hydrogen) atoms. The van der Waals surface area contributed by atoms with Gasteiger partial charge >= 0.3 is 0 Å². The quantitative estimate of drug-likeness (QED) is 0.159. The molecular weight excluding hydrogens is 512 g/mol. The molecule has 4 rings (SSSR count). The van der Waals surface area contributed by atoms with Gasteiger partial charge in [0.1, 0.15) is 11.5 Å². The van der Waals surface area contributed by atoms with Crippen LogP contribution < -0.4 is 14.5 Å².